The van der Waals surface area contributed by atoms with Crippen molar-refractivity contribution in [1.82, 2.24) is 0 Å². The highest BCUT2D eigenvalue weighted by atomic mass is 31.3. The third-order valence-corrected chi connectivity index (χ3v) is 16.6. The first-order valence-corrected chi connectivity index (χ1v) is 16.7. The fourth-order valence-corrected chi connectivity index (χ4v) is 15.2. The summed E-state index contributed by atoms with van der Waals surface area (Å²) in [4.78, 5) is 0. The van der Waals surface area contributed by atoms with Gasteiger partial charge in [0.1, 0.15) is 0 Å². The third kappa shape index (κ3) is 7.49. The molecule has 0 saturated carbocycles. The molecule has 0 fully saturated rings. The third-order valence-electron chi connectivity index (χ3n) is 2.46. The van der Waals surface area contributed by atoms with E-state index in [1.165, 1.54) is 0 Å². The van der Waals surface area contributed by atoms with Gasteiger partial charge in [0.25, 0.3) is 0 Å². The summed E-state index contributed by atoms with van der Waals surface area (Å²) in [5.74, 6) is 0. The lowest BCUT2D eigenvalue weighted by Crippen LogP contribution is -1.83. The second-order valence-electron chi connectivity index (χ2n) is 4.95. The largest absolute Gasteiger partial charge is 0.425 e. The minimum absolute atomic E-state index is 0.554. The fraction of sp³-hybridized carbons (Fsp3) is 1.00. The van der Waals surface area contributed by atoms with Gasteiger partial charge >= 0.3 is 38.8 Å². The van der Waals surface area contributed by atoms with Crippen molar-refractivity contribution in [2.24, 2.45) is 27.1 Å². The van der Waals surface area contributed by atoms with Gasteiger partial charge in [-0.2, -0.15) is 25.8 Å². The van der Waals surface area contributed by atoms with E-state index in [0.29, 0.717) is 21.3 Å². The Balaban J connectivity index is 4.27. The van der Waals surface area contributed by atoms with E-state index in [9.17, 15) is 25.2 Å². The average Bonchev–Trinajstić information content (AvgIpc) is 2.51. The smallest absolute Gasteiger partial charge is 0.307 e. The van der Waals surface area contributed by atoms with Crippen molar-refractivity contribution < 1.29 is 43.3 Å². The second-order valence-corrected chi connectivity index (χ2v) is 18.1. The monoisotopic (exact) mass is 538 g/mol. The van der Waals surface area contributed by atoms with Gasteiger partial charge in [0.05, 0.1) is 7.21 Å². The van der Waals surface area contributed by atoms with Crippen molar-refractivity contribution in [3.63, 3.8) is 0 Å². The summed E-state index contributed by atoms with van der Waals surface area (Å²) in [6.07, 6.45) is 0. The van der Waals surface area contributed by atoms with Crippen LogP contribution >= 0.6 is 46.0 Å². The molecule has 0 bridgehead atoms. The van der Waals surface area contributed by atoms with E-state index in [1.54, 1.807) is 0 Å². The van der Waals surface area contributed by atoms with E-state index in [1.807, 2.05) is 0 Å². The number of hydrogen-bond donors (Lipinski definition) is 0. The maximum atomic E-state index is 15.0. The number of hydrogen-bond acceptors (Lipinski definition) is 10. The van der Waals surface area contributed by atoms with E-state index < -0.39 is 46.0 Å². The molecule has 0 spiro atoms. The van der Waals surface area contributed by atoms with Crippen LogP contribution in [0.15, 0.2) is 27.1 Å². The van der Waals surface area contributed by atoms with Gasteiger partial charge in [-0.3, -0.25) is 0 Å². The molecule has 1 aliphatic rings. The lowest BCUT2D eigenvalue weighted by Gasteiger charge is -2.20. The molecule has 10 nitrogen and oxygen atoms in total. The van der Waals surface area contributed by atoms with Crippen LogP contribution in [0.5, 0.6) is 0 Å². The molecule has 22 heteroatoms. The molecule has 4 atom stereocenters. The molecule has 0 N–H and O–H groups in total. The summed E-state index contributed by atoms with van der Waals surface area (Å²) in [6.45, 7) is 2.20. The van der Waals surface area contributed by atoms with E-state index in [2.05, 4.69) is 45.2 Å². The predicted molar refractivity (Wildman–Crippen MR) is 103 cm³/mol. The fourth-order valence-electron chi connectivity index (χ4n) is 1.48. The first-order valence-electron chi connectivity index (χ1n) is 6.67. The molecule has 1 heterocycles. The maximum Gasteiger partial charge on any atom is 0.425 e. The maximum absolute atomic E-state index is 15.0. The zero-order valence-corrected chi connectivity index (χ0v) is 20.6. The van der Waals surface area contributed by atoms with Gasteiger partial charge in [-0.15, -0.1) is 26.5 Å². The van der Waals surface area contributed by atoms with Gasteiger partial charge in [0.2, 0.25) is 0 Å². The molecule has 28 heavy (non-hydrogen) atoms. The number of nitrogens with zero attached hydrogens (tertiary/aromatic N) is 6. The summed E-state index contributed by atoms with van der Waals surface area (Å²) < 4.78 is 122. The Kier molecular flexibility index (Phi) is 8.74. The Hall–Kier alpha value is 0.800. The molecule has 168 valence electrons. The molecule has 0 aromatic heterocycles. The van der Waals surface area contributed by atoms with Gasteiger partial charge in [-0.1, -0.05) is 0 Å². The number of rotatable bonds is 4. The highest BCUT2D eigenvalue weighted by molar-refractivity contribution is 7.80. The molecule has 0 aromatic carbocycles. The topological polar surface area (TPSA) is 111 Å². The van der Waals surface area contributed by atoms with Crippen LogP contribution in [0.3, 0.4) is 0 Å². The minimum Gasteiger partial charge on any atom is -0.307 e. The van der Waals surface area contributed by atoms with Gasteiger partial charge in [0.15, 0.2) is 0 Å². The highest BCUT2D eigenvalue weighted by Gasteiger charge is 2.38. The van der Waals surface area contributed by atoms with Crippen molar-refractivity contribution in [3.8, 4) is 0 Å². The highest BCUT2D eigenvalue weighted by Crippen LogP contribution is 2.80. The summed E-state index contributed by atoms with van der Waals surface area (Å²) in [7, 11) is -27.8. The van der Waals surface area contributed by atoms with Crippen LogP contribution in [0.1, 0.15) is 0 Å². The Labute approximate surface area is 158 Å². The molecule has 0 aromatic rings. The summed E-state index contributed by atoms with van der Waals surface area (Å²) in [5, 5.41) is 0. The standard InChI is InChI=1S/C6H18F6N6O4P6/c1-19-25(9)13-23(5,6)14-26(10,20-2)17-28(12,22-4)18-27(11,21-3)16-24(7,8)15-25/h1-6H3. The quantitative estimate of drug-likeness (QED) is 0.262. The zero-order valence-electron chi connectivity index (χ0n) is 15.3. The Morgan fingerprint density at radius 1 is 0.464 bits per heavy atom. The van der Waals surface area contributed by atoms with E-state index in [-0.39, 0.29) is 0 Å². The Morgan fingerprint density at radius 2 is 0.786 bits per heavy atom. The van der Waals surface area contributed by atoms with Gasteiger partial charge < -0.3 is 18.1 Å². The van der Waals surface area contributed by atoms with Crippen LogP contribution in [0, 0.1) is 0 Å². The predicted octanol–water partition coefficient (Wildman–Crippen LogP) is 9.51. The van der Waals surface area contributed by atoms with Crippen molar-refractivity contribution in [3.05, 3.63) is 0 Å². The molecule has 4 unspecified atom stereocenters. The first-order chi connectivity index (χ1) is 12.5. The lowest BCUT2D eigenvalue weighted by molar-refractivity contribution is 0.403. The summed E-state index contributed by atoms with van der Waals surface area (Å²) in [5.41, 5.74) is 0. The van der Waals surface area contributed by atoms with Crippen LogP contribution in [-0.2, 0) is 18.1 Å². The van der Waals surface area contributed by atoms with Crippen molar-refractivity contribution in [2.45, 2.75) is 0 Å². The average molecular weight is 538 g/mol. The molecule has 0 aliphatic carbocycles. The lowest BCUT2D eigenvalue weighted by atomic mass is 11.8. The molecular formula is C6H18F6N6O4P6. The molecular weight excluding hydrogens is 520 g/mol. The van der Waals surface area contributed by atoms with Gasteiger partial charge in [-0.25, -0.2) is 0 Å². The summed E-state index contributed by atoms with van der Waals surface area (Å²) in [6, 6.07) is 0. The molecule has 0 saturated heterocycles. The van der Waals surface area contributed by atoms with Crippen molar-refractivity contribution in [2.75, 3.05) is 41.8 Å². The van der Waals surface area contributed by atoms with E-state index >= 15 is 0 Å². The molecule has 1 rings (SSSR count). The molecule has 0 amide bonds. The first kappa shape index (κ1) is 26.8. The van der Waals surface area contributed by atoms with Crippen LogP contribution in [0.2, 0.25) is 0 Å². The van der Waals surface area contributed by atoms with Gasteiger partial charge in [-0.05, 0) is 13.3 Å². The van der Waals surface area contributed by atoms with Crippen LogP contribution in [0.25, 0.3) is 0 Å². The second kappa shape index (κ2) is 9.12. The Bertz CT molecular complexity index is 948. The molecule has 0 radical (unpaired) electrons. The minimum atomic E-state index is -6.15. The van der Waals surface area contributed by atoms with Crippen molar-refractivity contribution >= 4 is 46.0 Å². The zero-order chi connectivity index (χ0) is 22.1. The molecule has 1 aliphatic heterocycles. The normalized spacial score (nSPS) is 40.7. The van der Waals surface area contributed by atoms with Crippen LogP contribution < -0.4 is 0 Å². The van der Waals surface area contributed by atoms with Gasteiger partial charge in [0, 0.05) is 28.4 Å². The van der Waals surface area contributed by atoms with E-state index in [4.69, 9.17) is 0 Å². The Morgan fingerprint density at radius 3 is 1.18 bits per heavy atom. The summed E-state index contributed by atoms with van der Waals surface area (Å²) >= 11 is 0. The SMILES string of the molecule is COP1(F)=NP(C)(C)=NP(F)(OC)=NP(F)(OC)=NP(F)(OC)=NP(F)(F)=N1. The van der Waals surface area contributed by atoms with E-state index in [0.717, 1.165) is 20.4 Å². The number of halogens is 6. The van der Waals surface area contributed by atoms with Crippen molar-refractivity contribution in [1.29, 1.82) is 0 Å². The van der Waals surface area contributed by atoms with Crippen LogP contribution in [0.4, 0.5) is 25.2 Å². The van der Waals surface area contributed by atoms with Crippen LogP contribution in [-0.4, -0.2) is 41.8 Å².